The minimum Gasteiger partial charge on any atom is -0.455 e. The lowest BCUT2D eigenvalue weighted by molar-refractivity contribution is -0.147. The van der Waals surface area contributed by atoms with Gasteiger partial charge >= 0.3 is 5.97 Å². The van der Waals surface area contributed by atoms with Crippen LogP contribution in [0.25, 0.3) is 5.69 Å². The Hall–Kier alpha value is -3.41. The number of aryl methyl sites for hydroxylation is 1. The number of hydrogen-bond donors (Lipinski definition) is 0. The number of para-hydroxylation sites is 2. The zero-order chi connectivity index (χ0) is 20.8. The molecule has 0 spiro atoms. The van der Waals surface area contributed by atoms with E-state index in [1.165, 1.54) is 0 Å². The van der Waals surface area contributed by atoms with Crippen molar-refractivity contribution in [1.29, 1.82) is 0 Å². The predicted octanol–water partition coefficient (Wildman–Crippen LogP) is 3.63. The van der Waals surface area contributed by atoms with Crippen molar-refractivity contribution in [3.63, 3.8) is 0 Å². The van der Waals surface area contributed by atoms with Crippen LogP contribution in [0.15, 0.2) is 60.7 Å². The molecule has 0 unspecified atom stereocenters. The molecule has 3 rings (SSSR count). The Morgan fingerprint density at radius 3 is 2.24 bits per heavy atom. The number of hydrogen-bond acceptors (Lipinski definition) is 4. The number of anilines is 1. The molecule has 0 fully saturated rings. The van der Waals surface area contributed by atoms with Crippen molar-refractivity contribution in [2.24, 2.45) is 0 Å². The Morgan fingerprint density at radius 2 is 1.62 bits per heavy atom. The average molecular weight is 391 g/mol. The van der Waals surface area contributed by atoms with E-state index in [0.29, 0.717) is 6.54 Å². The summed E-state index contributed by atoms with van der Waals surface area (Å²) in [7, 11) is 0. The SMILES string of the molecule is CCN(C(=O)COC(=O)Cc1c(C)nn(-c2ccccc2)c1C)c1ccccc1. The first-order valence-corrected chi connectivity index (χ1v) is 9.62. The Bertz CT molecular complexity index is 981. The van der Waals surface area contributed by atoms with E-state index in [-0.39, 0.29) is 18.9 Å². The maximum absolute atomic E-state index is 12.5. The van der Waals surface area contributed by atoms with Gasteiger partial charge in [-0.2, -0.15) is 5.10 Å². The lowest BCUT2D eigenvalue weighted by Gasteiger charge is -2.20. The number of carbonyl (C=O) groups excluding carboxylic acids is 2. The molecular formula is C23H25N3O3. The van der Waals surface area contributed by atoms with Crippen LogP contribution in [-0.4, -0.2) is 34.8 Å². The molecule has 6 heteroatoms. The van der Waals surface area contributed by atoms with Gasteiger partial charge in [0, 0.05) is 23.5 Å². The summed E-state index contributed by atoms with van der Waals surface area (Å²) >= 11 is 0. The largest absolute Gasteiger partial charge is 0.455 e. The van der Waals surface area contributed by atoms with Gasteiger partial charge in [0.2, 0.25) is 0 Å². The van der Waals surface area contributed by atoms with Crippen LogP contribution in [0.4, 0.5) is 5.69 Å². The average Bonchev–Trinajstić information content (AvgIpc) is 3.02. The maximum Gasteiger partial charge on any atom is 0.310 e. The molecule has 0 N–H and O–H groups in total. The molecule has 0 saturated heterocycles. The van der Waals surface area contributed by atoms with E-state index in [4.69, 9.17) is 4.74 Å². The third-order valence-corrected chi connectivity index (χ3v) is 4.80. The molecule has 2 aromatic carbocycles. The summed E-state index contributed by atoms with van der Waals surface area (Å²) in [6.07, 6.45) is 0.0786. The van der Waals surface area contributed by atoms with Crippen LogP contribution in [0.2, 0.25) is 0 Å². The second-order valence-electron chi connectivity index (χ2n) is 6.71. The summed E-state index contributed by atoms with van der Waals surface area (Å²) in [6.45, 7) is 5.90. The molecule has 1 heterocycles. The van der Waals surface area contributed by atoms with E-state index in [1.807, 2.05) is 86.1 Å². The molecule has 3 aromatic rings. The van der Waals surface area contributed by atoms with Crippen LogP contribution in [0, 0.1) is 13.8 Å². The predicted molar refractivity (Wildman–Crippen MR) is 112 cm³/mol. The van der Waals surface area contributed by atoms with Gasteiger partial charge in [-0.05, 0) is 45.0 Å². The van der Waals surface area contributed by atoms with Crippen molar-refractivity contribution < 1.29 is 14.3 Å². The molecule has 0 saturated carbocycles. The van der Waals surface area contributed by atoms with Gasteiger partial charge in [-0.25, -0.2) is 4.68 Å². The van der Waals surface area contributed by atoms with Crippen LogP contribution >= 0.6 is 0 Å². The van der Waals surface area contributed by atoms with E-state index >= 15 is 0 Å². The molecule has 0 aliphatic rings. The third-order valence-electron chi connectivity index (χ3n) is 4.80. The van der Waals surface area contributed by atoms with Crippen LogP contribution in [0.3, 0.4) is 0 Å². The minimum atomic E-state index is -0.443. The summed E-state index contributed by atoms with van der Waals surface area (Å²) in [4.78, 5) is 26.5. The van der Waals surface area contributed by atoms with E-state index < -0.39 is 5.97 Å². The molecule has 1 amide bonds. The molecule has 0 bridgehead atoms. The van der Waals surface area contributed by atoms with Crippen LogP contribution in [0.1, 0.15) is 23.9 Å². The second-order valence-corrected chi connectivity index (χ2v) is 6.71. The lowest BCUT2D eigenvalue weighted by atomic mass is 10.1. The summed E-state index contributed by atoms with van der Waals surface area (Å²) in [5.41, 5.74) is 4.20. The number of benzene rings is 2. The Balaban J connectivity index is 1.64. The quantitative estimate of drug-likeness (QED) is 0.577. The van der Waals surface area contributed by atoms with Crippen molar-refractivity contribution in [3.05, 3.63) is 77.6 Å². The number of aromatic nitrogens is 2. The molecule has 29 heavy (non-hydrogen) atoms. The van der Waals surface area contributed by atoms with E-state index in [2.05, 4.69) is 5.10 Å². The summed E-state index contributed by atoms with van der Waals surface area (Å²) in [6, 6.07) is 19.1. The van der Waals surface area contributed by atoms with Crippen LogP contribution in [-0.2, 0) is 20.7 Å². The van der Waals surface area contributed by atoms with Crippen molar-refractivity contribution in [1.82, 2.24) is 9.78 Å². The van der Waals surface area contributed by atoms with Crippen LogP contribution < -0.4 is 4.90 Å². The topological polar surface area (TPSA) is 64.4 Å². The Labute approximate surface area is 170 Å². The smallest absolute Gasteiger partial charge is 0.310 e. The maximum atomic E-state index is 12.5. The standard InChI is InChI=1S/C23H25N3O3/c1-4-25(19-11-7-5-8-12-19)22(27)16-29-23(28)15-21-17(2)24-26(18(21)3)20-13-9-6-10-14-20/h5-14H,4,15-16H2,1-3H3. The highest BCUT2D eigenvalue weighted by atomic mass is 16.5. The first-order valence-electron chi connectivity index (χ1n) is 9.62. The number of rotatable bonds is 7. The van der Waals surface area contributed by atoms with Gasteiger partial charge in [-0.15, -0.1) is 0 Å². The number of nitrogens with zero attached hydrogens (tertiary/aromatic N) is 3. The summed E-state index contributed by atoms with van der Waals surface area (Å²) < 4.78 is 7.09. The van der Waals surface area contributed by atoms with Gasteiger partial charge in [0.25, 0.3) is 5.91 Å². The van der Waals surface area contributed by atoms with Gasteiger partial charge in [-0.1, -0.05) is 36.4 Å². The molecule has 0 aliphatic carbocycles. The second kappa shape index (κ2) is 9.19. The van der Waals surface area contributed by atoms with Gasteiger partial charge in [0.15, 0.2) is 6.61 Å². The van der Waals surface area contributed by atoms with Gasteiger partial charge in [-0.3, -0.25) is 9.59 Å². The van der Waals surface area contributed by atoms with Crippen molar-refractivity contribution in [2.75, 3.05) is 18.1 Å². The fourth-order valence-electron chi connectivity index (χ4n) is 3.28. The Kier molecular flexibility index (Phi) is 6.44. The minimum absolute atomic E-state index is 0.0786. The van der Waals surface area contributed by atoms with Crippen molar-refractivity contribution in [2.45, 2.75) is 27.2 Å². The molecule has 150 valence electrons. The van der Waals surface area contributed by atoms with Gasteiger partial charge in [0.1, 0.15) is 0 Å². The molecule has 0 atom stereocenters. The molecule has 0 aliphatic heterocycles. The lowest BCUT2D eigenvalue weighted by Crippen LogP contribution is -2.34. The first kappa shape index (κ1) is 20.3. The molecule has 1 aromatic heterocycles. The highest BCUT2D eigenvalue weighted by Gasteiger charge is 2.19. The van der Waals surface area contributed by atoms with Gasteiger partial charge < -0.3 is 9.64 Å². The van der Waals surface area contributed by atoms with Gasteiger partial charge in [0.05, 0.1) is 17.8 Å². The normalized spacial score (nSPS) is 10.6. The molecular weight excluding hydrogens is 366 g/mol. The molecule has 0 radical (unpaired) electrons. The number of ether oxygens (including phenoxy) is 1. The molecule has 6 nitrogen and oxygen atoms in total. The Morgan fingerprint density at radius 1 is 1.00 bits per heavy atom. The number of esters is 1. The third kappa shape index (κ3) is 4.71. The fourth-order valence-corrected chi connectivity index (χ4v) is 3.28. The van der Waals surface area contributed by atoms with E-state index in [9.17, 15) is 9.59 Å². The van der Waals surface area contributed by atoms with Crippen molar-refractivity contribution in [3.8, 4) is 5.69 Å². The summed E-state index contributed by atoms with van der Waals surface area (Å²) in [5, 5.41) is 4.54. The zero-order valence-corrected chi connectivity index (χ0v) is 17.0. The summed E-state index contributed by atoms with van der Waals surface area (Å²) in [5.74, 6) is -0.693. The number of amides is 1. The number of carbonyl (C=O) groups is 2. The van der Waals surface area contributed by atoms with E-state index in [0.717, 1.165) is 28.3 Å². The van der Waals surface area contributed by atoms with Crippen molar-refractivity contribution >= 4 is 17.6 Å². The van der Waals surface area contributed by atoms with E-state index in [1.54, 1.807) is 4.90 Å². The first-order chi connectivity index (χ1) is 14.0. The highest BCUT2D eigenvalue weighted by Crippen LogP contribution is 2.19. The fraction of sp³-hybridized carbons (Fsp3) is 0.261. The highest BCUT2D eigenvalue weighted by molar-refractivity contribution is 5.95. The monoisotopic (exact) mass is 391 g/mol. The van der Waals surface area contributed by atoms with Crippen LogP contribution in [0.5, 0.6) is 0 Å². The number of likely N-dealkylation sites (N-methyl/N-ethyl adjacent to an activating group) is 1. The zero-order valence-electron chi connectivity index (χ0n) is 17.0.